The van der Waals surface area contributed by atoms with Crippen LogP contribution in [0.15, 0.2) is 0 Å². The van der Waals surface area contributed by atoms with Crippen LogP contribution in [0, 0.1) is 0 Å². The zero-order valence-electron chi connectivity index (χ0n) is 12.1. The fraction of sp³-hybridized carbons (Fsp3) is 0.923. The topological polar surface area (TPSA) is 44.4 Å². The molecule has 0 saturated carbocycles. The first kappa shape index (κ1) is 16.7. The Bertz CT molecular complexity index is 372. The van der Waals surface area contributed by atoms with Crippen molar-refractivity contribution in [2.24, 2.45) is 0 Å². The van der Waals surface area contributed by atoms with E-state index in [1.165, 1.54) is 11.3 Å². The number of alkyl halides is 3. The van der Waals surface area contributed by atoms with Gasteiger partial charge in [-0.3, -0.25) is 4.90 Å². The van der Waals surface area contributed by atoms with Crippen molar-refractivity contribution in [2.75, 3.05) is 31.9 Å². The minimum Gasteiger partial charge on any atom is -0.337 e. The molecule has 2 heterocycles. The average molecular weight is 325 g/mol. The van der Waals surface area contributed by atoms with Crippen LogP contribution in [-0.4, -0.2) is 59.8 Å². The van der Waals surface area contributed by atoms with Gasteiger partial charge < -0.3 is 10.6 Å². The predicted molar refractivity (Wildman–Crippen MR) is 77.5 cm³/mol. The molecule has 0 aromatic heterocycles. The maximum Gasteiger partial charge on any atom is 0.401 e. The molecule has 2 aliphatic heterocycles. The van der Waals surface area contributed by atoms with E-state index in [-0.39, 0.29) is 23.4 Å². The van der Waals surface area contributed by atoms with Gasteiger partial charge in [-0.15, -0.1) is 0 Å². The number of hydrogen-bond donors (Lipinski definition) is 2. The molecule has 0 aliphatic carbocycles. The summed E-state index contributed by atoms with van der Waals surface area (Å²) in [6.07, 6.45) is -1.36. The molecule has 0 aromatic carbocycles. The van der Waals surface area contributed by atoms with E-state index in [1.54, 1.807) is 0 Å². The van der Waals surface area contributed by atoms with Gasteiger partial charge >= 0.3 is 12.2 Å². The maximum atomic E-state index is 12.3. The highest BCUT2D eigenvalue weighted by molar-refractivity contribution is 8.00. The van der Waals surface area contributed by atoms with Crippen LogP contribution in [0.4, 0.5) is 18.0 Å². The van der Waals surface area contributed by atoms with Crippen molar-refractivity contribution in [3.63, 3.8) is 0 Å². The quantitative estimate of drug-likeness (QED) is 0.833. The third-order valence-electron chi connectivity index (χ3n) is 3.93. The first-order valence-corrected chi connectivity index (χ1v) is 8.22. The normalized spacial score (nSPS) is 30.6. The summed E-state index contributed by atoms with van der Waals surface area (Å²) >= 11 is 1.86. The van der Waals surface area contributed by atoms with Gasteiger partial charge in [-0.2, -0.15) is 24.9 Å². The summed E-state index contributed by atoms with van der Waals surface area (Å²) in [5, 5.41) is 5.61. The standard InChI is InChI=1S/C13H22F3N3OS/c1-12(4-2-6-21-12)8-17-11(20)18-10-3-5-19(7-10)9-13(14,15)16/h10H,2-9H2,1H3,(H2,17,18,20)/t10-,12-/m1/s1. The highest BCUT2D eigenvalue weighted by atomic mass is 32.2. The fourth-order valence-corrected chi connectivity index (χ4v) is 4.07. The van der Waals surface area contributed by atoms with Crippen LogP contribution < -0.4 is 10.6 Å². The van der Waals surface area contributed by atoms with Crippen molar-refractivity contribution >= 4 is 17.8 Å². The molecule has 0 bridgehead atoms. The van der Waals surface area contributed by atoms with E-state index in [4.69, 9.17) is 0 Å². The number of halogens is 3. The molecule has 2 fully saturated rings. The Morgan fingerprint density at radius 2 is 2.24 bits per heavy atom. The van der Waals surface area contributed by atoms with Crippen molar-refractivity contribution in [3.05, 3.63) is 0 Å². The van der Waals surface area contributed by atoms with Crippen LogP contribution >= 0.6 is 11.8 Å². The number of likely N-dealkylation sites (tertiary alicyclic amines) is 1. The van der Waals surface area contributed by atoms with Gasteiger partial charge in [0.05, 0.1) is 6.54 Å². The van der Waals surface area contributed by atoms with Gasteiger partial charge in [0.25, 0.3) is 0 Å². The van der Waals surface area contributed by atoms with E-state index in [9.17, 15) is 18.0 Å². The van der Waals surface area contributed by atoms with Gasteiger partial charge in [0.1, 0.15) is 0 Å². The Morgan fingerprint density at radius 1 is 1.48 bits per heavy atom. The summed E-state index contributed by atoms with van der Waals surface area (Å²) in [6, 6.07) is -0.473. The second-order valence-electron chi connectivity index (χ2n) is 6.06. The van der Waals surface area contributed by atoms with Gasteiger partial charge in [-0.05, 0) is 31.9 Å². The molecule has 0 radical (unpaired) electrons. The van der Waals surface area contributed by atoms with Crippen molar-refractivity contribution in [1.82, 2.24) is 15.5 Å². The van der Waals surface area contributed by atoms with Crippen LogP contribution in [0.3, 0.4) is 0 Å². The molecule has 2 atom stereocenters. The van der Waals surface area contributed by atoms with E-state index < -0.39 is 12.7 Å². The Labute approximate surface area is 127 Å². The number of urea groups is 1. The molecule has 2 aliphatic rings. The summed E-state index contributed by atoms with van der Waals surface area (Å²) in [5.74, 6) is 1.12. The van der Waals surface area contributed by atoms with Gasteiger partial charge in [0.15, 0.2) is 0 Å². The molecular weight excluding hydrogens is 303 g/mol. The van der Waals surface area contributed by atoms with Crippen molar-refractivity contribution in [3.8, 4) is 0 Å². The minimum atomic E-state index is -4.18. The van der Waals surface area contributed by atoms with E-state index in [1.807, 2.05) is 11.8 Å². The third kappa shape index (κ3) is 5.58. The highest BCUT2D eigenvalue weighted by Crippen LogP contribution is 2.36. The molecule has 2 amide bonds. The smallest absolute Gasteiger partial charge is 0.337 e. The number of nitrogens with one attached hydrogen (secondary N) is 2. The number of hydrogen-bond acceptors (Lipinski definition) is 3. The van der Waals surface area contributed by atoms with E-state index in [0.717, 1.165) is 12.2 Å². The molecule has 122 valence electrons. The van der Waals surface area contributed by atoms with Crippen LogP contribution in [-0.2, 0) is 0 Å². The van der Waals surface area contributed by atoms with Crippen LogP contribution in [0.1, 0.15) is 26.2 Å². The van der Waals surface area contributed by atoms with Crippen LogP contribution in [0.2, 0.25) is 0 Å². The fourth-order valence-electron chi connectivity index (χ4n) is 2.83. The Morgan fingerprint density at radius 3 is 2.86 bits per heavy atom. The minimum absolute atomic E-state index is 0.0926. The zero-order valence-corrected chi connectivity index (χ0v) is 12.9. The lowest BCUT2D eigenvalue weighted by molar-refractivity contribution is -0.143. The monoisotopic (exact) mass is 325 g/mol. The Balaban J connectivity index is 1.67. The summed E-state index contributed by atoms with van der Waals surface area (Å²) in [4.78, 5) is 13.2. The third-order valence-corrected chi connectivity index (χ3v) is 5.47. The number of carbonyl (C=O) groups excluding carboxylic acids is 1. The van der Waals surface area contributed by atoms with Crippen LogP contribution in [0.5, 0.6) is 0 Å². The molecule has 0 unspecified atom stereocenters. The first-order chi connectivity index (χ1) is 9.76. The predicted octanol–water partition coefficient (Wildman–Crippen LogP) is 2.21. The van der Waals surface area contributed by atoms with Gasteiger partial charge in [0.2, 0.25) is 0 Å². The number of rotatable bonds is 4. The lowest BCUT2D eigenvalue weighted by Crippen LogP contribution is -2.47. The molecule has 8 heteroatoms. The van der Waals surface area contributed by atoms with Crippen molar-refractivity contribution in [2.45, 2.75) is 43.2 Å². The average Bonchev–Trinajstić information content (AvgIpc) is 2.95. The zero-order chi connectivity index (χ0) is 15.5. The summed E-state index contributed by atoms with van der Waals surface area (Å²) in [6.45, 7) is 2.46. The summed E-state index contributed by atoms with van der Waals surface area (Å²) in [7, 11) is 0. The molecule has 2 rings (SSSR count). The highest BCUT2D eigenvalue weighted by Gasteiger charge is 2.35. The second kappa shape index (κ2) is 6.64. The summed E-state index contributed by atoms with van der Waals surface area (Å²) in [5.41, 5.74) is 0. The first-order valence-electron chi connectivity index (χ1n) is 7.23. The maximum absolute atomic E-state index is 12.3. The lowest BCUT2D eigenvalue weighted by Gasteiger charge is -2.24. The van der Waals surface area contributed by atoms with Gasteiger partial charge in [-0.25, -0.2) is 4.79 Å². The number of carbonyl (C=O) groups is 1. The van der Waals surface area contributed by atoms with Gasteiger partial charge in [0, 0.05) is 30.4 Å². The molecule has 2 N–H and O–H groups in total. The molecule has 2 saturated heterocycles. The lowest BCUT2D eigenvalue weighted by atomic mass is 10.1. The largest absolute Gasteiger partial charge is 0.401 e. The Kier molecular flexibility index (Phi) is 5.29. The van der Waals surface area contributed by atoms with E-state index in [0.29, 0.717) is 19.5 Å². The molecule has 0 spiro atoms. The number of amides is 2. The number of thioether (sulfide) groups is 1. The summed E-state index contributed by atoms with van der Waals surface area (Å²) < 4.78 is 37.0. The number of nitrogens with zero attached hydrogens (tertiary/aromatic N) is 1. The second-order valence-corrected chi connectivity index (χ2v) is 7.75. The molecule has 0 aromatic rings. The Hall–Kier alpha value is -0.630. The molecular formula is C13H22F3N3OS. The van der Waals surface area contributed by atoms with Crippen molar-refractivity contribution < 1.29 is 18.0 Å². The van der Waals surface area contributed by atoms with Crippen LogP contribution in [0.25, 0.3) is 0 Å². The van der Waals surface area contributed by atoms with Gasteiger partial charge in [-0.1, -0.05) is 0 Å². The van der Waals surface area contributed by atoms with Crippen molar-refractivity contribution in [1.29, 1.82) is 0 Å². The van der Waals surface area contributed by atoms with E-state index >= 15 is 0 Å². The SMILES string of the molecule is C[C@]1(CNC(=O)N[C@@H]2CCN(CC(F)(F)F)C2)CCCS1. The molecule has 21 heavy (non-hydrogen) atoms. The molecule has 4 nitrogen and oxygen atoms in total. The van der Waals surface area contributed by atoms with E-state index in [2.05, 4.69) is 17.6 Å².